The highest BCUT2D eigenvalue weighted by atomic mass is 32.2. The molecule has 0 saturated carbocycles. The quantitative estimate of drug-likeness (QED) is 0.564. The summed E-state index contributed by atoms with van der Waals surface area (Å²) in [6, 6.07) is 15.8. The van der Waals surface area contributed by atoms with Crippen LogP contribution in [0.2, 0.25) is 0 Å². The molecule has 0 bridgehead atoms. The molecule has 144 valence electrons. The van der Waals surface area contributed by atoms with Crippen molar-refractivity contribution in [3.05, 3.63) is 66.0 Å². The highest BCUT2D eigenvalue weighted by molar-refractivity contribution is 7.99. The number of carbonyl (C=O) groups excluding carboxylic acids is 2. The third kappa shape index (κ3) is 5.10. The van der Waals surface area contributed by atoms with Crippen LogP contribution in [0.15, 0.2) is 59.8 Å². The number of primary amides is 1. The van der Waals surface area contributed by atoms with E-state index in [1.807, 2.05) is 37.4 Å². The van der Waals surface area contributed by atoms with Gasteiger partial charge in [-0.05, 0) is 36.4 Å². The molecule has 1 heterocycles. The Balaban J connectivity index is 1.50. The lowest BCUT2D eigenvalue weighted by Gasteiger charge is -2.07. The predicted octanol–water partition coefficient (Wildman–Crippen LogP) is 2.22. The van der Waals surface area contributed by atoms with Gasteiger partial charge in [-0.3, -0.25) is 9.59 Å². The molecule has 0 radical (unpaired) electrons. The summed E-state index contributed by atoms with van der Waals surface area (Å²) >= 11 is 1.27. The standard InChI is InChI=1S/C19H19N5O3S/c1-24-16(11-27-15-5-3-2-4-6-15)22-23-19(24)28-12-17(25)21-14-9-7-13(8-10-14)18(20)26/h2-10H,11-12H2,1H3,(H2,20,26)(H,21,25). The minimum absolute atomic E-state index is 0.170. The molecule has 0 aliphatic heterocycles. The summed E-state index contributed by atoms with van der Waals surface area (Å²) in [5, 5.41) is 11.6. The van der Waals surface area contributed by atoms with E-state index >= 15 is 0 Å². The number of para-hydroxylation sites is 1. The third-order valence-electron chi connectivity index (χ3n) is 3.82. The third-order valence-corrected chi connectivity index (χ3v) is 4.84. The average Bonchev–Trinajstić information content (AvgIpc) is 3.05. The second-order valence-corrected chi connectivity index (χ2v) is 6.78. The number of hydrogen-bond donors (Lipinski definition) is 2. The summed E-state index contributed by atoms with van der Waals surface area (Å²) in [6.45, 7) is 0.284. The monoisotopic (exact) mass is 397 g/mol. The molecule has 2 amide bonds. The number of thioether (sulfide) groups is 1. The Bertz CT molecular complexity index is 957. The molecule has 0 fully saturated rings. The second kappa shape index (κ2) is 9.05. The molecule has 0 unspecified atom stereocenters. The van der Waals surface area contributed by atoms with Crippen molar-refractivity contribution in [2.75, 3.05) is 11.1 Å². The topological polar surface area (TPSA) is 112 Å². The van der Waals surface area contributed by atoms with Gasteiger partial charge in [-0.25, -0.2) is 0 Å². The Morgan fingerprint density at radius 3 is 2.50 bits per heavy atom. The first kappa shape index (κ1) is 19.4. The highest BCUT2D eigenvalue weighted by Crippen LogP contribution is 2.18. The minimum Gasteiger partial charge on any atom is -0.486 e. The van der Waals surface area contributed by atoms with Crippen LogP contribution in [0.4, 0.5) is 5.69 Å². The van der Waals surface area contributed by atoms with Crippen molar-refractivity contribution in [2.24, 2.45) is 12.8 Å². The normalized spacial score (nSPS) is 10.5. The number of rotatable bonds is 8. The van der Waals surface area contributed by atoms with Crippen molar-refractivity contribution in [1.29, 1.82) is 0 Å². The van der Waals surface area contributed by atoms with E-state index in [0.717, 1.165) is 5.75 Å². The number of hydrogen-bond acceptors (Lipinski definition) is 6. The van der Waals surface area contributed by atoms with E-state index in [4.69, 9.17) is 10.5 Å². The van der Waals surface area contributed by atoms with Crippen LogP contribution in [0.25, 0.3) is 0 Å². The van der Waals surface area contributed by atoms with Gasteiger partial charge in [0.15, 0.2) is 11.0 Å². The number of ether oxygens (including phenoxy) is 1. The van der Waals surface area contributed by atoms with Crippen LogP contribution in [0.1, 0.15) is 16.2 Å². The molecular weight excluding hydrogens is 378 g/mol. The maximum atomic E-state index is 12.1. The molecule has 1 aromatic heterocycles. The number of amides is 2. The summed E-state index contributed by atoms with van der Waals surface area (Å²) in [7, 11) is 1.83. The Morgan fingerprint density at radius 2 is 1.82 bits per heavy atom. The maximum absolute atomic E-state index is 12.1. The fraction of sp³-hybridized carbons (Fsp3) is 0.158. The first-order valence-electron chi connectivity index (χ1n) is 8.41. The summed E-state index contributed by atoms with van der Waals surface area (Å²) in [5.74, 6) is 0.878. The van der Waals surface area contributed by atoms with Crippen LogP contribution in [0.3, 0.4) is 0 Å². The molecule has 0 spiro atoms. The van der Waals surface area contributed by atoms with E-state index in [0.29, 0.717) is 22.2 Å². The summed E-state index contributed by atoms with van der Waals surface area (Å²) in [5.41, 5.74) is 6.17. The molecule has 0 aliphatic rings. The molecule has 28 heavy (non-hydrogen) atoms. The van der Waals surface area contributed by atoms with Gasteiger partial charge in [0.2, 0.25) is 11.8 Å². The molecule has 9 heteroatoms. The lowest BCUT2D eigenvalue weighted by molar-refractivity contribution is -0.113. The van der Waals surface area contributed by atoms with E-state index in [9.17, 15) is 9.59 Å². The summed E-state index contributed by atoms with van der Waals surface area (Å²) in [6.07, 6.45) is 0. The van der Waals surface area contributed by atoms with Gasteiger partial charge in [0, 0.05) is 18.3 Å². The van der Waals surface area contributed by atoms with Gasteiger partial charge in [-0.15, -0.1) is 10.2 Å². The van der Waals surface area contributed by atoms with Gasteiger partial charge in [0.1, 0.15) is 12.4 Å². The first-order valence-corrected chi connectivity index (χ1v) is 9.40. The average molecular weight is 397 g/mol. The molecule has 3 rings (SSSR count). The number of carbonyl (C=O) groups is 2. The molecule has 2 aromatic carbocycles. The van der Waals surface area contributed by atoms with Gasteiger partial charge in [0.05, 0.1) is 5.75 Å². The smallest absolute Gasteiger partial charge is 0.248 e. The van der Waals surface area contributed by atoms with Crippen LogP contribution in [0.5, 0.6) is 5.75 Å². The van der Waals surface area contributed by atoms with E-state index in [1.165, 1.54) is 11.8 Å². The Morgan fingerprint density at radius 1 is 1.11 bits per heavy atom. The van der Waals surface area contributed by atoms with Crippen LogP contribution in [0, 0.1) is 0 Å². The molecule has 0 saturated heterocycles. The molecule has 0 atom stereocenters. The maximum Gasteiger partial charge on any atom is 0.248 e. The highest BCUT2D eigenvalue weighted by Gasteiger charge is 2.12. The van der Waals surface area contributed by atoms with Crippen molar-refractivity contribution in [1.82, 2.24) is 14.8 Å². The fourth-order valence-corrected chi connectivity index (χ4v) is 3.04. The number of anilines is 1. The predicted molar refractivity (Wildman–Crippen MR) is 106 cm³/mol. The molecule has 0 aliphatic carbocycles. The van der Waals surface area contributed by atoms with Crippen LogP contribution in [-0.4, -0.2) is 32.3 Å². The molecule has 3 N–H and O–H groups in total. The molecule has 8 nitrogen and oxygen atoms in total. The zero-order valence-corrected chi connectivity index (χ0v) is 16.0. The zero-order chi connectivity index (χ0) is 19.9. The second-order valence-electron chi connectivity index (χ2n) is 5.84. The van der Waals surface area contributed by atoms with Gasteiger partial charge in [0.25, 0.3) is 0 Å². The van der Waals surface area contributed by atoms with E-state index in [-0.39, 0.29) is 18.3 Å². The summed E-state index contributed by atoms with van der Waals surface area (Å²) < 4.78 is 7.47. The SMILES string of the molecule is Cn1c(COc2ccccc2)nnc1SCC(=O)Nc1ccc(C(N)=O)cc1. The Labute approximate surface area is 166 Å². The van der Waals surface area contributed by atoms with Crippen molar-refractivity contribution in [3.8, 4) is 5.75 Å². The zero-order valence-electron chi connectivity index (χ0n) is 15.2. The fourth-order valence-electron chi connectivity index (χ4n) is 2.31. The van der Waals surface area contributed by atoms with Crippen molar-refractivity contribution in [2.45, 2.75) is 11.8 Å². The van der Waals surface area contributed by atoms with E-state index < -0.39 is 5.91 Å². The Kier molecular flexibility index (Phi) is 6.28. The number of aromatic nitrogens is 3. The van der Waals surface area contributed by atoms with Gasteiger partial charge >= 0.3 is 0 Å². The van der Waals surface area contributed by atoms with Crippen molar-refractivity contribution in [3.63, 3.8) is 0 Å². The largest absolute Gasteiger partial charge is 0.486 e. The van der Waals surface area contributed by atoms with Crippen molar-refractivity contribution >= 4 is 29.3 Å². The van der Waals surface area contributed by atoms with E-state index in [1.54, 1.807) is 28.8 Å². The first-order chi connectivity index (χ1) is 13.5. The van der Waals surface area contributed by atoms with Crippen LogP contribution < -0.4 is 15.8 Å². The van der Waals surface area contributed by atoms with Crippen molar-refractivity contribution < 1.29 is 14.3 Å². The number of nitrogens with zero attached hydrogens (tertiary/aromatic N) is 3. The summed E-state index contributed by atoms with van der Waals surface area (Å²) in [4.78, 5) is 23.2. The number of nitrogens with one attached hydrogen (secondary N) is 1. The number of nitrogens with two attached hydrogens (primary N) is 1. The molecule has 3 aromatic rings. The van der Waals surface area contributed by atoms with E-state index in [2.05, 4.69) is 15.5 Å². The lowest BCUT2D eigenvalue weighted by atomic mass is 10.2. The van der Waals surface area contributed by atoms with Crippen LogP contribution >= 0.6 is 11.8 Å². The van der Waals surface area contributed by atoms with Gasteiger partial charge in [-0.1, -0.05) is 30.0 Å². The number of benzene rings is 2. The van der Waals surface area contributed by atoms with Gasteiger partial charge in [-0.2, -0.15) is 0 Å². The van der Waals surface area contributed by atoms with Crippen LogP contribution in [-0.2, 0) is 18.4 Å². The molecular formula is C19H19N5O3S. The minimum atomic E-state index is -0.511. The lowest BCUT2D eigenvalue weighted by Crippen LogP contribution is -2.15. The Hall–Kier alpha value is -3.33. The van der Waals surface area contributed by atoms with Gasteiger partial charge < -0.3 is 20.4 Å².